The van der Waals surface area contributed by atoms with Crippen LogP contribution < -0.4 is 5.73 Å². The lowest BCUT2D eigenvalue weighted by Gasteiger charge is -2.28. The number of nitrogens with two attached hydrogens (primary N) is 1. The van der Waals surface area contributed by atoms with Gasteiger partial charge < -0.3 is 15.7 Å². The maximum atomic E-state index is 12.4. The summed E-state index contributed by atoms with van der Waals surface area (Å²) in [6, 6.07) is 9.09. The van der Waals surface area contributed by atoms with Crippen LogP contribution in [0.5, 0.6) is 0 Å². The highest BCUT2D eigenvalue weighted by Crippen LogP contribution is 2.25. The predicted octanol–water partition coefficient (Wildman–Crippen LogP) is 1.93. The second-order valence-electron chi connectivity index (χ2n) is 5.57. The first-order valence-corrected chi connectivity index (χ1v) is 7.39. The van der Waals surface area contributed by atoms with Gasteiger partial charge in [0.15, 0.2) is 0 Å². The third kappa shape index (κ3) is 4.29. The van der Waals surface area contributed by atoms with Crippen LogP contribution in [-0.2, 0) is 9.59 Å². The topological polar surface area (TPSA) is 83.6 Å². The average Bonchev–Trinajstić information content (AvgIpc) is 2.99. The van der Waals surface area contributed by atoms with E-state index >= 15 is 0 Å². The third-order valence-corrected chi connectivity index (χ3v) is 4.01. The summed E-state index contributed by atoms with van der Waals surface area (Å²) in [4.78, 5) is 24.9. The monoisotopic (exact) mass is 290 g/mol. The molecule has 1 aliphatic rings. The molecule has 0 spiro atoms. The SMILES string of the molecule is NC(CC(=O)N(CC(=O)O)C1CCCC1)c1ccccc1. The molecule has 1 fully saturated rings. The molecule has 1 amide bonds. The van der Waals surface area contributed by atoms with Crippen LogP contribution in [0, 0.1) is 0 Å². The molecule has 0 aromatic heterocycles. The minimum atomic E-state index is -0.969. The highest BCUT2D eigenvalue weighted by molar-refractivity contribution is 5.82. The number of carbonyl (C=O) groups is 2. The molecule has 0 radical (unpaired) electrons. The summed E-state index contributed by atoms with van der Waals surface area (Å²) in [6.07, 6.45) is 4.03. The molecule has 1 aliphatic carbocycles. The lowest BCUT2D eigenvalue weighted by atomic mass is 10.0. The Bertz CT molecular complexity index is 484. The number of benzene rings is 1. The molecule has 21 heavy (non-hydrogen) atoms. The first kappa shape index (κ1) is 15.5. The number of aliphatic carboxylic acids is 1. The number of nitrogens with zero attached hydrogens (tertiary/aromatic N) is 1. The van der Waals surface area contributed by atoms with Crippen LogP contribution in [0.15, 0.2) is 30.3 Å². The number of hydrogen-bond donors (Lipinski definition) is 2. The van der Waals surface area contributed by atoms with Gasteiger partial charge in [0.2, 0.25) is 5.91 Å². The molecule has 0 bridgehead atoms. The Hall–Kier alpha value is -1.88. The number of hydrogen-bond acceptors (Lipinski definition) is 3. The zero-order chi connectivity index (χ0) is 15.2. The first-order chi connectivity index (χ1) is 10.1. The fourth-order valence-electron chi connectivity index (χ4n) is 2.91. The second kappa shape index (κ2) is 7.22. The minimum absolute atomic E-state index is 0.0524. The van der Waals surface area contributed by atoms with Gasteiger partial charge in [-0.2, -0.15) is 0 Å². The third-order valence-electron chi connectivity index (χ3n) is 4.01. The van der Waals surface area contributed by atoms with Crippen molar-refractivity contribution in [3.05, 3.63) is 35.9 Å². The maximum Gasteiger partial charge on any atom is 0.323 e. The Morgan fingerprint density at radius 2 is 1.86 bits per heavy atom. The minimum Gasteiger partial charge on any atom is -0.480 e. The number of amides is 1. The Balaban J connectivity index is 2.02. The quantitative estimate of drug-likeness (QED) is 0.838. The molecule has 3 N–H and O–H groups in total. The summed E-state index contributed by atoms with van der Waals surface area (Å²) in [6.45, 7) is -0.231. The van der Waals surface area contributed by atoms with Crippen molar-refractivity contribution in [3.8, 4) is 0 Å². The Kier molecular flexibility index (Phi) is 5.33. The van der Waals surface area contributed by atoms with Crippen LogP contribution in [0.4, 0.5) is 0 Å². The van der Waals surface area contributed by atoms with E-state index in [4.69, 9.17) is 10.8 Å². The van der Waals surface area contributed by atoms with Crippen molar-refractivity contribution < 1.29 is 14.7 Å². The number of rotatable bonds is 6. The van der Waals surface area contributed by atoms with Crippen molar-refractivity contribution in [1.29, 1.82) is 0 Å². The molecule has 1 saturated carbocycles. The summed E-state index contributed by atoms with van der Waals surface area (Å²) >= 11 is 0. The van der Waals surface area contributed by atoms with Gasteiger partial charge in [-0.25, -0.2) is 0 Å². The van der Waals surface area contributed by atoms with Crippen molar-refractivity contribution in [3.63, 3.8) is 0 Å². The van der Waals surface area contributed by atoms with Gasteiger partial charge in [0, 0.05) is 18.5 Å². The van der Waals surface area contributed by atoms with E-state index in [0.717, 1.165) is 31.2 Å². The van der Waals surface area contributed by atoms with Gasteiger partial charge in [-0.05, 0) is 18.4 Å². The summed E-state index contributed by atoms with van der Waals surface area (Å²) < 4.78 is 0. The van der Waals surface area contributed by atoms with E-state index in [1.54, 1.807) is 0 Å². The maximum absolute atomic E-state index is 12.4. The van der Waals surface area contributed by atoms with Crippen LogP contribution in [0.3, 0.4) is 0 Å². The lowest BCUT2D eigenvalue weighted by molar-refractivity contribution is -0.146. The standard InChI is InChI=1S/C16H22N2O3/c17-14(12-6-2-1-3-7-12)10-15(19)18(11-16(20)21)13-8-4-5-9-13/h1-3,6-7,13-14H,4-5,8-11,17H2,(H,20,21). The van der Waals surface area contributed by atoms with E-state index in [9.17, 15) is 9.59 Å². The van der Waals surface area contributed by atoms with E-state index < -0.39 is 12.0 Å². The molecule has 2 rings (SSSR count). The fourth-order valence-corrected chi connectivity index (χ4v) is 2.91. The second-order valence-corrected chi connectivity index (χ2v) is 5.57. The van der Waals surface area contributed by atoms with Crippen LogP contribution in [-0.4, -0.2) is 34.5 Å². The van der Waals surface area contributed by atoms with E-state index in [-0.39, 0.29) is 24.9 Å². The largest absolute Gasteiger partial charge is 0.480 e. The Morgan fingerprint density at radius 3 is 2.43 bits per heavy atom. The van der Waals surface area contributed by atoms with Crippen LogP contribution in [0.2, 0.25) is 0 Å². The zero-order valence-electron chi connectivity index (χ0n) is 12.1. The smallest absolute Gasteiger partial charge is 0.323 e. The Labute approximate surface area is 124 Å². The Morgan fingerprint density at radius 1 is 1.24 bits per heavy atom. The van der Waals surface area contributed by atoms with Gasteiger partial charge in [-0.15, -0.1) is 0 Å². The molecule has 0 saturated heterocycles. The molecular weight excluding hydrogens is 268 g/mol. The molecule has 5 heteroatoms. The van der Waals surface area contributed by atoms with Crippen molar-refractivity contribution in [2.45, 2.75) is 44.2 Å². The van der Waals surface area contributed by atoms with Gasteiger partial charge >= 0.3 is 5.97 Å². The molecule has 1 unspecified atom stereocenters. The summed E-state index contributed by atoms with van der Waals surface area (Å²) in [5, 5.41) is 9.02. The average molecular weight is 290 g/mol. The molecule has 1 atom stereocenters. The number of carbonyl (C=O) groups excluding carboxylic acids is 1. The van der Waals surface area contributed by atoms with E-state index in [0.29, 0.717) is 0 Å². The number of carboxylic acid groups (broad SMARTS) is 1. The first-order valence-electron chi connectivity index (χ1n) is 7.39. The molecule has 114 valence electrons. The molecule has 0 heterocycles. The zero-order valence-corrected chi connectivity index (χ0v) is 12.1. The van der Waals surface area contributed by atoms with E-state index in [1.807, 2.05) is 30.3 Å². The number of carboxylic acids is 1. The molecular formula is C16H22N2O3. The highest BCUT2D eigenvalue weighted by Gasteiger charge is 2.29. The van der Waals surface area contributed by atoms with Crippen molar-refractivity contribution >= 4 is 11.9 Å². The van der Waals surface area contributed by atoms with Crippen LogP contribution in [0.25, 0.3) is 0 Å². The fraction of sp³-hybridized carbons (Fsp3) is 0.500. The van der Waals surface area contributed by atoms with Gasteiger partial charge in [-0.3, -0.25) is 9.59 Å². The van der Waals surface area contributed by atoms with Gasteiger partial charge in [0.1, 0.15) is 6.54 Å². The predicted molar refractivity (Wildman–Crippen MR) is 79.6 cm³/mol. The van der Waals surface area contributed by atoms with Crippen LogP contribution in [0.1, 0.15) is 43.7 Å². The van der Waals surface area contributed by atoms with Gasteiger partial charge in [0.05, 0.1) is 0 Å². The summed E-state index contributed by atoms with van der Waals surface area (Å²) in [7, 11) is 0. The summed E-state index contributed by atoms with van der Waals surface area (Å²) in [5.41, 5.74) is 6.96. The van der Waals surface area contributed by atoms with Gasteiger partial charge in [-0.1, -0.05) is 43.2 Å². The van der Waals surface area contributed by atoms with Crippen molar-refractivity contribution in [2.75, 3.05) is 6.54 Å². The molecule has 0 aliphatic heterocycles. The van der Waals surface area contributed by atoms with E-state index in [1.165, 1.54) is 4.90 Å². The van der Waals surface area contributed by atoms with Gasteiger partial charge in [0.25, 0.3) is 0 Å². The van der Waals surface area contributed by atoms with Crippen molar-refractivity contribution in [2.24, 2.45) is 5.73 Å². The lowest BCUT2D eigenvalue weighted by Crippen LogP contribution is -2.43. The molecule has 1 aromatic carbocycles. The summed E-state index contributed by atoms with van der Waals surface area (Å²) in [5.74, 6) is -1.14. The van der Waals surface area contributed by atoms with E-state index in [2.05, 4.69) is 0 Å². The van der Waals surface area contributed by atoms with Crippen LogP contribution >= 0.6 is 0 Å². The molecule has 5 nitrogen and oxygen atoms in total. The van der Waals surface area contributed by atoms with Crippen molar-refractivity contribution in [1.82, 2.24) is 4.90 Å². The normalized spacial score (nSPS) is 16.6. The molecule has 1 aromatic rings. The highest BCUT2D eigenvalue weighted by atomic mass is 16.4.